The average Bonchev–Trinajstić information content (AvgIpc) is 2.56. The van der Waals surface area contributed by atoms with Crippen LogP contribution in [0.1, 0.15) is 0 Å². The molecule has 0 atom stereocenters. The number of amides is 4. The van der Waals surface area contributed by atoms with Crippen molar-refractivity contribution >= 4 is 23.5 Å². The highest BCUT2D eigenvalue weighted by Gasteiger charge is 2.19. The van der Waals surface area contributed by atoms with Crippen molar-refractivity contribution in [2.45, 2.75) is 0 Å². The van der Waals surface area contributed by atoms with Gasteiger partial charge in [-0.05, 0) is 19.2 Å². The van der Waals surface area contributed by atoms with Crippen LogP contribution in [0.4, 0.5) is 10.5 Å². The van der Waals surface area contributed by atoms with E-state index in [2.05, 4.69) is 10.6 Å². The Hall–Kier alpha value is -2.45. The highest BCUT2D eigenvalue weighted by Crippen LogP contribution is 2.04. The summed E-state index contributed by atoms with van der Waals surface area (Å²) in [7, 11) is 1.66. The maximum atomic E-state index is 12.1. The summed E-state index contributed by atoms with van der Waals surface area (Å²) in [6.07, 6.45) is 0. The Bertz CT molecular complexity index is 573. The maximum absolute atomic E-state index is 12.1. The smallest absolute Gasteiger partial charge is 0.325 e. The largest absolute Gasteiger partial charge is 0.378 e. The number of carbonyl (C=O) groups excluding carboxylic acids is 3. The second kappa shape index (κ2) is 8.99. The van der Waals surface area contributed by atoms with Gasteiger partial charge in [0.1, 0.15) is 0 Å². The molecule has 1 aromatic rings. The van der Waals surface area contributed by atoms with E-state index in [0.29, 0.717) is 32.0 Å². The zero-order chi connectivity index (χ0) is 17.4. The van der Waals surface area contributed by atoms with Crippen molar-refractivity contribution < 1.29 is 19.1 Å². The molecule has 1 fully saturated rings. The van der Waals surface area contributed by atoms with Crippen molar-refractivity contribution in [1.82, 2.24) is 15.1 Å². The molecule has 1 saturated heterocycles. The van der Waals surface area contributed by atoms with Crippen molar-refractivity contribution in [3.8, 4) is 0 Å². The van der Waals surface area contributed by atoms with E-state index in [4.69, 9.17) is 4.74 Å². The van der Waals surface area contributed by atoms with Gasteiger partial charge in [-0.3, -0.25) is 19.8 Å². The first-order valence-electron chi connectivity index (χ1n) is 7.74. The van der Waals surface area contributed by atoms with E-state index >= 15 is 0 Å². The minimum atomic E-state index is -0.598. The van der Waals surface area contributed by atoms with Gasteiger partial charge in [-0.15, -0.1) is 0 Å². The number of nitrogens with one attached hydrogen (secondary N) is 2. The van der Waals surface area contributed by atoms with E-state index in [0.717, 1.165) is 0 Å². The van der Waals surface area contributed by atoms with Crippen molar-refractivity contribution in [3.63, 3.8) is 0 Å². The van der Waals surface area contributed by atoms with E-state index < -0.39 is 11.9 Å². The van der Waals surface area contributed by atoms with Crippen molar-refractivity contribution in [1.29, 1.82) is 0 Å². The van der Waals surface area contributed by atoms with E-state index in [1.807, 2.05) is 6.07 Å². The van der Waals surface area contributed by atoms with Crippen LogP contribution in [0, 0.1) is 0 Å². The molecule has 1 aromatic carbocycles. The molecule has 0 bridgehead atoms. The molecule has 2 N–H and O–H groups in total. The second-order valence-electron chi connectivity index (χ2n) is 5.53. The predicted octanol–water partition coefficient (Wildman–Crippen LogP) is 0.125. The number of morpholine rings is 1. The van der Waals surface area contributed by atoms with Crippen LogP contribution in [-0.2, 0) is 14.3 Å². The molecule has 0 radical (unpaired) electrons. The molecular weight excluding hydrogens is 312 g/mol. The molecule has 0 aliphatic carbocycles. The Balaban J connectivity index is 1.70. The van der Waals surface area contributed by atoms with Crippen molar-refractivity contribution in [2.75, 3.05) is 51.8 Å². The third-order valence-electron chi connectivity index (χ3n) is 3.47. The Morgan fingerprint density at radius 3 is 2.46 bits per heavy atom. The number of hydrogen-bond acceptors (Lipinski definition) is 5. The number of likely N-dealkylation sites (N-methyl/N-ethyl adjacent to an activating group) is 1. The lowest BCUT2D eigenvalue weighted by Gasteiger charge is -2.28. The summed E-state index contributed by atoms with van der Waals surface area (Å²) in [6.45, 7) is 2.29. The number of ether oxygens (including phenoxy) is 1. The molecule has 8 heteroatoms. The van der Waals surface area contributed by atoms with Gasteiger partial charge < -0.3 is 15.0 Å². The number of imide groups is 1. The average molecular weight is 334 g/mol. The molecule has 8 nitrogen and oxygen atoms in total. The number of urea groups is 1. The van der Waals surface area contributed by atoms with Gasteiger partial charge in [0, 0.05) is 18.8 Å². The van der Waals surface area contributed by atoms with Crippen LogP contribution >= 0.6 is 0 Å². The number of carbonyl (C=O) groups is 3. The molecule has 2 rings (SSSR count). The molecule has 1 heterocycles. The van der Waals surface area contributed by atoms with Crippen LogP contribution in [-0.4, -0.2) is 74.1 Å². The highest BCUT2D eigenvalue weighted by atomic mass is 16.5. The summed E-state index contributed by atoms with van der Waals surface area (Å²) >= 11 is 0. The summed E-state index contributed by atoms with van der Waals surface area (Å²) < 4.78 is 5.20. The normalized spacial score (nSPS) is 14.3. The van der Waals surface area contributed by atoms with Crippen molar-refractivity contribution in [3.05, 3.63) is 30.3 Å². The number of hydrogen-bond donors (Lipinski definition) is 2. The van der Waals surface area contributed by atoms with Crippen LogP contribution in [0.25, 0.3) is 0 Å². The number of para-hydroxylation sites is 1. The molecular formula is C16H22N4O4. The number of benzene rings is 1. The minimum absolute atomic E-state index is 0.0434. The van der Waals surface area contributed by atoms with Gasteiger partial charge in [0.25, 0.3) is 0 Å². The third kappa shape index (κ3) is 5.98. The number of nitrogens with zero attached hydrogens (tertiary/aromatic N) is 2. The topological polar surface area (TPSA) is 91.0 Å². The molecule has 0 unspecified atom stereocenters. The van der Waals surface area contributed by atoms with Crippen LogP contribution < -0.4 is 10.6 Å². The molecule has 0 saturated carbocycles. The fourth-order valence-corrected chi connectivity index (χ4v) is 2.29. The Morgan fingerprint density at radius 1 is 1.12 bits per heavy atom. The van der Waals surface area contributed by atoms with E-state index in [-0.39, 0.29) is 19.0 Å². The van der Waals surface area contributed by atoms with Gasteiger partial charge in [0.2, 0.25) is 11.8 Å². The lowest BCUT2D eigenvalue weighted by atomic mass is 10.3. The van der Waals surface area contributed by atoms with Crippen LogP contribution in [0.5, 0.6) is 0 Å². The SMILES string of the molecule is CN(CC(=O)NC(=O)Nc1ccccc1)CC(=O)N1CCOCC1. The molecule has 1 aliphatic heterocycles. The quantitative estimate of drug-likeness (QED) is 0.798. The zero-order valence-corrected chi connectivity index (χ0v) is 13.7. The van der Waals surface area contributed by atoms with Crippen LogP contribution in [0.2, 0.25) is 0 Å². The Kier molecular flexibility index (Phi) is 6.71. The first-order valence-corrected chi connectivity index (χ1v) is 7.74. The summed E-state index contributed by atoms with van der Waals surface area (Å²) in [4.78, 5) is 38.9. The molecule has 24 heavy (non-hydrogen) atoms. The van der Waals surface area contributed by atoms with Crippen molar-refractivity contribution in [2.24, 2.45) is 0 Å². The predicted molar refractivity (Wildman–Crippen MR) is 88.5 cm³/mol. The standard InChI is InChI=1S/C16H22N4O4/c1-19(12-15(22)20-7-9-24-10-8-20)11-14(21)18-16(23)17-13-5-3-2-4-6-13/h2-6H,7-12H2,1H3,(H2,17,18,21,23). The van der Waals surface area contributed by atoms with E-state index in [1.165, 1.54) is 0 Å². The minimum Gasteiger partial charge on any atom is -0.378 e. The lowest BCUT2D eigenvalue weighted by Crippen LogP contribution is -2.47. The van der Waals surface area contributed by atoms with Gasteiger partial charge in [0.05, 0.1) is 26.3 Å². The maximum Gasteiger partial charge on any atom is 0.325 e. The van der Waals surface area contributed by atoms with E-state index in [1.54, 1.807) is 41.1 Å². The fraction of sp³-hybridized carbons (Fsp3) is 0.438. The summed E-state index contributed by atoms with van der Waals surface area (Å²) in [5.74, 6) is -0.525. The van der Waals surface area contributed by atoms with Crippen LogP contribution in [0.15, 0.2) is 30.3 Å². The highest BCUT2D eigenvalue weighted by molar-refractivity contribution is 6.01. The summed E-state index contributed by atoms with van der Waals surface area (Å²) in [6, 6.07) is 8.23. The molecule has 1 aliphatic rings. The number of rotatable bonds is 5. The first-order chi connectivity index (χ1) is 11.5. The summed E-state index contributed by atoms with van der Waals surface area (Å²) in [5.41, 5.74) is 0.596. The van der Waals surface area contributed by atoms with Gasteiger partial charge in [-0.2, -0.15) is 0 Å². The second-order valence-corrected chi connectivity index (χ2v) is 5.53. The van der Waals surface area contributed by atoms with Crippen LogP contribution in [0.3, 0.4) is 0 Å². The molecule has 0 spiro atoms. The van der Waals surface area contributed by atoms with Gasteiger partial charge in [-0.25, -0.2) is 4.79 Å². The fourth-order valence-electron chi connectivity index (χ4n) is 2.29. The third-order valence-corrected chi connectivity index (χ3v) is 3.47. The zero-order valence-electron chi connectivity index (χ0n) is 13.7. The van der Waals surface area contributed by atoms with Gasteiger partial charge in [0.15, 0.2) is 0 Å². The molecule has 0 aromatic heterocycles. The van der Waals surface area contributed by atoms with Gasteiger partial charge in [-0.1, -0.05) is 18.2 Å². The van der Waals surface area contributed by atoms with E-state index in [9.17, 15) is 14.4 Å². The Labute approximate surface area is 140 Å². The van der Waals surface area contributed by atoms with Gasteiger partial charge >= 0.3 is 6.03 Å². The summed E-state index contributed by atoms with van der Waals surface area (Å²) in [5, 5.41) is 4.80. The first kappa shape index (κ1) is 17.9. The monoisotopic (exact) mass is 334 g/mol. The Morgan fingerprint density at radius 2 is 1.79 bits per heavy atom. The number of anilines is 1. The lowest BCUT2D eigenvalue weighted by molar-refractivity contribution is -0.136. The molecule has 130 valence electrons. The molecule has 4 amide bonds.